The first-order valence-electron chi connectivity index (χ1n) is 20.9. The van der Waals surface area contributed by atoms with Crippen molar-refractivity contribution in [3.05, 3.63) is 119 Å². The summed E-state index contributed by atoms with van der Waals surface area (Å²) in [5, 5.41) is 28.9. The van der Waals surface area contributed by atoms with Crippen molar-refractivity contribution in [2.45, 2.75) is 115 Å². The molecule has 10 atom stereocenters. The summed E-state index contributed by atoms with van der Waals surface area (Å²) in [6.45, 7) is 8.54. The lowest BCUT2D eigenvalue weighted by atomic mass is 9.43. The predicted molar refractivity (Wildman–Crippen MR) is 221 cm³/mol. The number of hydrogen-bond acceptors (Lipinski definition) is 13. The molecule has 328 valence electrons. The van der Waals surface area contributed by atoms with Gasteiger partial charge < -0.3 is 39.2 Å². The molecule has 3 aromatic carbocycles. The SMILES string of the molecule is CC[C@]12C(=O)[C@H](OC(C)=O)C3=C(C)[C@@H](OC(=O)C[C@@H](NC(=O)c4ccccc4)c4ccccc4)C[C@@](O)([C@@H](OC(=O)c4ccccc4)[C@@H]1[C@]1(OC(C)=O)CO[C@@H]1C[C@@H]2O)C3(C)C. The second kappa shape index (κ2) is 16.9. The Morgan fingerprint density at radius 3 is 2.00 bits per heavy atom. The number of esters is 4. The number of benzene rings is 3. The number of carbonyl (C=O) groups excluding carboxylic acids is 6. The minimum absolute atomic E-state index is 0.0917. The third-order valence-electron chi connectivity index (χ3n) is 13.7. The maximum Gasteiger partial charge on any atom is 0.338 e. The van der Waals surface area contributed by atoms with Crippen molar-refractivity contribution >= 4 is 35.6 Å². The van der Waals surface area contributed by atoms with Gasteiger partial charge in [0.15, 0.2) is 17.5 Å². The fourth-order valence-corrected chi connectivity index (χ4v) is 10.6. The van der Waals surface area contributed by atoms with E-state index < -0.39 is 107 Å². The molecule has 3 aliphatic carbocycles. The van der Waals surface area contributed by atoms with Crippen molar-refractivity contribution in [3.8, 4) is 0 Å². The summed E-state index contributed by atoms with van der Waals surface area (Å²) in [5.41, 5.74) is -6.10. The van der Waals surface area contributed by atoms with Crippen LogP contribution < -0.4 is 5.32 Å². The molecule has 14 heteroatoms. The number of hydrogen-bond donors (Lipinski definition) is 3. The van der Waals surface area contributed by atoms with Gasteiger partial charge in [0.2, 0.25) is 0 Å². The lowest BCUT2D eigenvalue weighted by Gasteiger charge is -2.68. The molecule has 3 fully saturated rings. The van der Waals surface area contributed by atoms with Gasteiger partial charge >= 0.3 is 23.9 Å². The summed E-state index contributed by atoms with van der Waals surface area (Å²) < 4.78 is 30.8. The summed E-state index contributed by atoms with van der Waals surface area (Å²) in [6, 6.07) is 24.5. The first-order valence-corrected chi connectivity index (χ1v) is 20.9. The molecule has 2 bridgehead atoms. The van der Waals surface area contributed by atoms with Gasteiger partial charge in [-0.1, -0.05) is 87.5 Å². The van der Waals surface area contributed by atoms with E-state index in [2.05, 4.69) is 5.32 Å². The Bertz CT molecular complexity index is 2260. The highest BCUT2D eigenvalue weighted by Gasteiger charge is 2.79. The number of aliphatic hydroxyl groups is 2. The topological polar surface area (TPSA) is 201 Å². The van der Waals surface area contributed by atoms with E-state index in [1.54, 1.807) is 107 Å². The highest BCUT2D eigenvalue weighted by Crippen LogP contribution is 2.65. The molecule has 14 nitrogen and oxygen atoms in total. The smallest absolute Gasteiger partial charge is 0.338 e. The first kappa shape index (κ1) is 44.4. The third kappa shape index (κ3) is 7.41. The lowest BCUT2D eigenvalue weighted by Crippen LogP contribution is -2.82. The van der Waals surface area contributed by atoms with Gasteiger partial charge in [0, 0.05) is 37.7 Å². The number of ketones is 1. The average Bonchev–Trinajstić information content (AvgIpc) is 3.24. The molecule has 3 N–H and O–H groups in total. The van der Waals surface area contributed by atoms with Gasteiger partial charge in [-0.2, -0.15) is 0 Å². The fraction of sp³-hybridized carbons (Fsp3) is 0.458. The number of fused-ring (bicyclic) bond motifs is 5. The predicted octanol–water partition coefficient (Wildman–Crippen LogP) is 5.16. The minimum Gasteiger partial charge on any atom is -0.458 e. The third-order valence-corrected chi connectivity index (χ3v) is 13.7. The summed E-state index contributed by atoms with van der Waals surface area (Å²) in [6.07, 6.45) is -8.38. The van der Waals surface area contributed by atoms with Crippen LogP contribution in [0.5, 0.6) is 0 Å². The van der Waals surface area contributed by atoms with Crippen LogP contribution in [0.15, 0.2) is 102 Å². The van der Waals surface area contributed by atoms with E-state index in [0.29, 0.717) is 16.7 Å². The molecule has 1 saturated heterocycles. The second-order valence-corrected chi connectivity index (χ2v) is 17.4. The Kier molecular flexibility index (Phi) is 12.1. The molecular formula is C48H53NO13. The van der Waals surface area contributed by atoms with Gasteiger partial charge in [-0.25, -0.2) is 4.79 Å². The molecule has 4 aliphatic rings. The van der Waals surface area contributed by atoms with Gasteiger partial charge in [-0.3, -0.25) is 24.0 Å². The van der Waals surface area contributed by atoms with Crippen LogP contribution in [-0.4, -0.2) is 94.1 Å². The molecule has 2 saturated carbocycles. The Balaban J connectivity index is 1.39. The number of aliphatic hydroxyl groups excluding tert-OH is 1. The second-order valence-electron chi connectivity index (χ2n) is 17.4. The summed E-state index contributed by atoms with van der Waals surface area (Å²) >= 11 is 0. The quantitative estimate of drug-likeness (QED) is 0.130. The van der Waals surface area contributed by atoms with Gasteiger partial charge in [-0.05, 0) is 54.3 Å². The van der Waals surface area contributed by atoms with Gasteiger partial charge in [-0.15, -0.1) is 0 Å². The molecule has 62 heavy (non-hydrogen) atoms. The molecule has 0 spiro atoms. The first-order chi connectivity index (χ1) is 29.4. The van der Waals surface area contributed by atoms with Crippen molar-refractivity contribution in [2.75, 3.05) is 6.61 Å². The van der Waals surface area contributed by atoms with Crippen molar-refractivity contribution < 1.29 is 62.7 Å². The fourth-order valence-electron chi connectivity index (χ4n) is 10.6. The monoisotopic (exact) mass is 851 g/mol. The van der Waals surface area contributed by atoms with Crippen molar-refractivity contribution in [3.63, 3.8) is 0 Å². The Morgan fingerprint density at radius 2 is 1.45 bits per heavy atom. The minimum atomic E-state index is -2.30. The highest BCUT2D eigenvalue weighted by atomic mass is 16.6. The van der Waals surface area contributed by atoms with Crippen LogP contribution in [0.2, 0.25) is 0 Å². The average molecular weight is 852 g/mol. The summed E-state index contributed by atoms with van der Waals surface area (Å²) in [5.74, 6) is -5.95. The molecule has 3 aromatic rings. The van der Waals surface area contributed by atoms with E-state index in [-0.39, 0.29) is 37.0 Å². The maximum atomic E-state index is 15.7. The van der Waals surface area contributed by atoms with Crippen LogP contribution in [0.25, 0.3) is 0 Å². The van der Waals surface area contributed by atoms with Crippen LogP contribution in [0, 0.1) is 16.7 Å². The number of nitrogens with one attached hydrogen (secondary N) is 1. The Morgan fingerprint density at radius 1 is 0.855 bits per heavy atom. The standard InChI is InChI=1S/C48H53NO13/c1-7-46-35(52)24-36-47(26-58-36,62-29(4)51)40(46)42(61-44(56)32-21-15-10-16-22-32)48(57)25-34(27(2)38(45(48,5)6)39(41(46)54)59-28(3)50)60-37(53)23-33(30-17-11-8-12-18-30)49-43(55)31-19-13-9-14-20-31/h8-22,33-36,39-40,42,52,57H,7,23-26H2,1-6H3,(H,49,55)/t33-,34+,35+,36-,39-,40+,42+,46-,47+,48-/m1/s1. The molecular weight excluding hydrogens is 799 g/mol. The van der Waals surface area contributed by atoms with E-state index >= 15 is 4.79 Å². The normalized spacial score (nSPS) is 31.3. The molecule has 0 unspecified atom stereocenters. The van der Waals surface area contributed by atoms with E-state index in [9.17, 15) is 34.2 Å². The van der Waals surface area contributed by atoms with Crippen molar-refractivity contribution in [1.82, 2.24) is 5.32 Å². The lowest BCUT2D eigenvalue weighted by molar-refractivity contribution is -0.348. The van der Waals surface area contributed by atoms with E-state index in [4.69, 9.17) is 23.7 Å². The van der Waals surface area contributed by atoms with E-state index in [1.165, 1.54) is 19.1 Å². The molecule has 0 radical (unpaired) electrons. The Hall–Kier alpha value is -5.70. The van der Waals surface area contributed by atoms with Crippen molar-refractivity contribution in [2.24, 2.45) is 16.7 Å². The summed E-state index contributed by atoms with van der Waals surface area (Å²) in [7, 11) is 0. The molecule has 1 aliphatic heterocycles. The van der Waals surface area contributed by atoms with Crippen molar-refractivity contribution in [1.29, 1.82) is 0 Å². The van der Waals surface area contributed by atoms with Crippen LogP contribution in [0.3, 0.4) is 0 Å². The highest BCUT2D eigenvalue weighted by molar-refractivity contribution is 5.96. The molecule has 1 heterocycles. The number of Topliss-reactive ketones (excluding diaryl/α,β-unsaturated/α-hetero) is 1. The van der Waals surface area contributed by atoms with Crippen LogP contribution in [-0.2, 0) is 42.9 Å². The number of carbonyl (C=O) groups is 6. The number of rotatable bonds is 11. The largest absolute Gasteiger partial charge is 0.458 e. The maximum absolute atomic E-state index is 15.7. The number of ether oxygens (including phenoxy) is 5. The van der Waals surface area contributed by atoms with Crippen LogP contribution in [0.4, 0.5) is 0 Å². The van der Waals surface area contributed by atoms with E-state index in [1.807, 2.05) is 0 Å². The van der Waals surface area contributed by atoms with Gasteiger partial charge in [0.05, 0.1) is 42.1 Å². The Labute approximate surface area is 359 Å². The molecule has 7 rings (SSSR count). The zero-order valence-electron chi connectivity index (χ0n) is 35.6. The van der Waals surface area contributed by atoms with E-state index in [0.717, 1.165) is 6.92 Å². The van der Waals surface area contributed by atoms with Crippen LogP contribution in [0.1, 0.15) is 99.5 Å². The van der Waals surface area contributed by atoms with Gasteiger partial charge in [0.25, 0.3) is 5.91 Å². The zero-order valence-corrected chi connectivity index (χ0v) is 35.6. The molecule has 0 aromatic heterocycles. The van der Waals surface area contributed by atoms with Gasteiger partial charge in [0.1, 0.15) is 23.9 Å². The zero-order chi connectivity index (χ0) is 44.8. The number of amides is 1. The molecule has 1 amide bonds. The summed E-state index contributed by atoms with van der Waals surface area (Å²) in [4.78, 5) is 83.9. The van der Waals surface area contributed by atoms with Crippen LogP contribution >= 0.6 is 0 Å².